The van der Waals surface area contributed by atoms with E-state index in [1.165, 1.54) is 0 Å². The van der Waals surface area contributed by atoms with Crippen molar-refractivity contribution in [1.29, 1.82) is 0 Å². The van der Waals surface area contributed by atoms with E-state index < -0.39 is 0 Å². The zero-order valence-corrected chi connectivity index (χ0v) is 8.21. The molecule has 70 valence electrons. The third-order valence-electron chi connectivity index (χ3n) is 2.51. The van der Waals surface area contributed by atoms with Crippen molar-refractivity contribution in [2.24, 2.45) is 5.73 Å². The Labute approximate surface area is 82.6 Å². The molecule has 0 radical (unpaired) electrons. The van der Waals surface area contributed by atoms with E-state index in [1.807, 2.05) is 25.1 Å². The van der Waals surface area contributed by atoms with Gasteiger partial charge in [0.15, 0.2) is 0 Å². The largest absolute Gasteiger partial charge is 0.372 e. The van der Waals surface area contributed by atoms with Crippen LogP contribution in [-0.2, 0) is 11.3 Å². The summed E-state index contributed by atoms with van der Waals surface area (Å²) in [6, 6.07) is 5.76. The van der Waals surface area contributed by atoms with Gasteiger partial charge >= 0.3 is 0 Å². The molecule has 1 aliphatic heterocycles. The average Bonchev–Trinajstić information content (AvgIpc) is 2.12. The lowest BCUT2D eigenvalue weighted by atomic mass is 9.95. The number of hydrogen-bond acceptors (Lipinski definition) is 2. The van der Waals surface area contributed by atoms with Gasteiger partial charge in [-0.25, -0.2) is 0 Å². The number of hydrogen-bond donors (Lipinski definition) is 1. The van der Waals surface area contributed by atoms with Crippen LogP contribution in [0.5, 0.6) is 0 Å². The van der Waals surface area contributed by atoms with Crippen LogP contribution >= 0.6 is 11.6 Å². The van der Waals surface area contributed by atoms with Crippen LogP contribution in [0.15, 0.2) is 18.2 Å². The summed E-state index contributed by atoms with van der Waals surface area (Å²) in [6.45, 7) is 2.55. The van der Waals surface area contributed by atoms with Crippen LogP contribution in [-0.4, -0.2) is 6.10 Å². The molecule has 2 nitrogen and oxygen atoms in total. The molecule has 0 saturated carbocycles. The molecular formula is C10H12ClNO. The van der Waals surface area contributed by atoms with Crippen molar-refractivity contribution >= 4 is 11.6 Å². The Balaban J connectivity index is 2.49. The summed E-state index contributed by atoms with van der Waals surface area (Å²) in [4.78, 5) is 0. The van der Waals surface area contributed by atoms with Gasteiger partial charge in [-0.3, -0.25) is 0 Å². The first-order valence-electron chi connectivity index (χ1n) is 4.34. The summed E-state index contributed by atoms with van der Waals surface area (Å²) in [5.74, 6) is 0. The van der Waals surface area contributed by atoms with Gasteiger partial charge in [0.05, 0.1) is 18.8 Å². The minimum Gasteiger partial charge on any atom is -0.372 e. The van der Waals surface area contributed by atoms with Crippen LogP contribution in [0.1, 0.15) is 24.1 Å². The summed E-state index contributed by atoms with van der Waals surface area (Å²) in [5.41, 5.74) is 8.13. The quantitative estimate of drug-likeness (QED) is 0.693. The van der Waals surface area contributed by atoms with Crippen LogP contribution in [0.2, 0.25) is 5.02 Å². The fourth-order valence-electron chi connectivity index (χ4n) is 1.61. The van der Waals surface area contributed by atoms with Gasteiger partial charge in [0.2, 0.25) is 0 Å². The molecule has 0 saturated heterocycles. The lowest BCUT2D eigenvalue weighted by molar-refractivity contribution is 0.0214. The predicted molar refractivity (Wildman–Crippen MR) is 52.6 cm³/mol. The number of benzene rings is 1. The molecule has 0 amide bonds. The SMILES string of the molecule is C[C@H]1OCc2c(Cl)cccc2C1N. The Bertz CT molecular complexity index is 327. The van der Waals surface area contributed by atoms with E-state index >= 15 is 0 Å². The van der Waals surface area contributed by atoms with Crippen molar-refractivity contribution in [2.45, 2.75) is 25.7 Å². The summed E-state index contributed by atoms with van der Waals surface area (Å²) in [6.07, 6.45) is 0.0750. The molecule has 0 fully saturated rings. The van der Waals surface area contributed by atoms with Crippen molar-refractivity contribution in [3.63, 3.8) is 0 Å². The summed E-state index contributed by atoms with van der Waals surface area (Å²) >= 11 is 6.02. The van der Waals surface area contributed by atoms with Gasteiger partial charge in [-0.05, 0) is 18.6 Å². The Kier molecular flexibility index (Phi) is 2.28. The van der Waals surface area contributed by atoms with Crippen molar-refractivity contribution in [1.82, 2.24) is 0 Å². The molecule has 1 heterocycles. The smallest absolute Gasteiger partial charge is 0.0744 e. The first-order valence-corrected chi connectivity index (χ1v) is 4.72. The number of ether oxygens (including phenoxy) is 1. The van der Waals surface area contributed by atoms with Gasteiger partial charge < -0.3 is 10.5 Å². The Morgan fingerprint density at radius 3 is 3.08 bits per heavy atom. The Morgan fingerprint density at radius 1 is 1.54 bits per heavy atom. The maximum absolute atomic E-state index is 6.02. The van der Waals surface area contributed by atoms with Crippen molar-refractivity contribution in [2.75, 3.05) is 0 Å². The van der Waals surface area contributed by atoms with E-state index in [9.17, 15) is 0 Å². The second-order valence-electron chi connectivity index (χ2n) is 3.35. The minimum absolute atomic E-state index is 0.0533. The monoisotopic (exact) mass is 197 g/mol. The van der Waals surface area contributed by atoms with E-state index in [-0.39, 0.29) is 12.1 Å². The maximum Gasteiger partial charge on any atom is 0.0744 e. The van der Waals surface area contributed by atoms with E-state index in [2.05, 4.69) is 0 Å². The molecule has 1 aliphatic rings. The Hall–Kier alpha value is -0.570. The number of fused-ring (bicyclic) bond motifs is 1. The molecule has 2 rings (SSSR count). The second kappa shape index (κ2) is 3.29. The zero-order valence-electron chi connectivity index (χ0n) is 7.46. The van der Waals surface area contributed by atoms with Gasteiger partial charge in [0, 0.05) is 10.6 Å². The molecule has 0 spiro atoms. The van der Waals surface area contributed by atoms with Crippen molar-refractivity contribution in [3.8, 4) is 0 Å². The highest BCUT2D eigenvalue weighted by Gasteiger charge is 2.24. The molecule has 3 heteroatoms. The number of nitrogens with two attached hydrogens (primary N) is 1. The maximum atomic E-state index is 6.02. The van der Waals surface area contributed by atoms with E-state index in [4.69, 9.17) is 22.1 Å². The molecule has 13 heavy (non-hydrogen) atoms. The van der Waals surface area contributed by atoms with Crippen molar-refractivity contribution in [3.05, 3.63) is 34.3 Å². The van der Waals surface area contributed by atoms with Gasteiger partial charge in [-0.15, -0.1) is 0 Å². The van der Waals surface area contributed by atoms with Crippen LogP contribution in [0.25, 0.3) is 0 Å². The molecule has 2 atom stereocenters. The lowest BCUT2D eigenvalue weighted by Crippen LogP contribution is -2.31. The van der Waals surface area contributed by atoms with Gasteiger partial charge in [0.25, 0.3) is 0 Å². The van der Waals surface area contributed by atoms with E-state index in [0.29, 0.717) is 6.61 Å². The fraction of sp³-hybridized carbons (Fsp3) is 0.400. The highest BCUT2D eigenvalue weighted by molar-refractivity contribution is 6.31. The van der Waals surface area contributed by atoms with E-state index in [1.54, 1.807) is 0 Å². The standard InChI is InChI=1S/C10H12ClNO/c1-6-10(12)7-3-2-4-9(11)8(7)5-13-6/h2-4,6,10H,5,12H2,1H3/t6-,10?/m1/s1. The molecule has 0 aromatic heterocycles. The van der Waals surface area contributed by atoms with Gasteiger partial charge in [-0.2, -0.15) is 0 Å². The van der Waals surface area contributed by atoms with Crippen LogP contribution in [0, 0.1) is 0 Å². The number of rotatable bonds is 0. The molecule has 1 aromatic carbocycles. The summed E-state index contributed by atoms with van der Waals surface area (Å²) in [5, 5.41) is 0.750. The topological polar surface area (TPSA) is 35.2 Å². The van der Waals surface area contributed by atoms with Crippen molar-refractivity contribution < 1.29 is 4.74 Å². The molecule has 0 aliphatic carbocycles. The third-order valence-corrected chi connectivity index (χ3v) is 2.86. The van der Waals surface area contributed by atoms with Crippen LogP contribution in [0.3, 0.4) is 0 Å². The second-order valence-corrected chi connectivity index (χ2v) is 3.76. The highest BCUT2D eigenvalue weighted by Crippen LogP contribution is 2.31. The first kappa shape index (κ1) is 9.00. The minimum atomic E-state index is -0.0533. The van der Waals surface area contributed by atoms with Crippen LogP contribution in [0.4, 0.5) is 0 Å². The molecule has 1 unspecified atom stereocenters. The Morgan fingerprint density at radius 2 is 2.31 bits per heavy atom. The average molecular weight is 198 g/mol. The predicted octanol–water partition coefficient (Wildman–Crippen LogP) is 2.26. The van der Waals surface area contributed by atoms with E-state index in [0.717, 1.165) is 16.1 Å². The molecule has 1 aromatic rings. The highest BCUT2D eigenvalue weighted by atomic mass is 35.5. The third kappa shape index (κ3) is 1.46. The fourth-order valence-corrected chi connectivity index (χ4v) is 1.85. The normalized spacial score (nSPS) is 27.0. The first-order chi connectivity index (χ1) is 6.20. The lowest BCUT2D eigenvalue weighted by Gasteiger charge is -2.29. The summed E-state index contributed by atoms with van der Waals surface area (Å²) < 4.78 is 5.49. The van der Waals surface area contributed by atoms with Gasteiger partial charge in [0.1, 0.15) is 0 Å². The molecular weight excluding hydrogens is 186 g/mol. The van der Waals surface area contributed by atoms with Gasteiger partial charge in [-0.1, -0.05) is 23.7 Å². The number of halogens is 1. The summed E-state index contributed by atoms with van der Waals surface area (Å²) in [7, 11) is 0. The molecule has 2 N–H and O–H groups in total. The molecule has 0 bridgehead atoms. The van der Waals surface area contributed by atoms with Crippen LogP contribution < -0.4 is 5.73 Å². The zero-order chi connectivity index (χ0) is 9.42.